The molecule has 0 radical (unpaired) electrons. The van der Waals surface area contributed by atoms with Gasteiger partial charge in [0.05, 0.1) is 24.7 Å². The second kappa shape index (κ2) is 9.33. The van der Waals surface area contributed by atoms with Crippen LogP contribution < -0.4 is 16.6 Å². The Labute approximate surface area is 136 Å². The molecule has 1 aromatic heterocycles. The molecule has 136 valence electrons. The van der Waals surface area contributed by atoms with E-state index in [1.54, 1.807) is 18.8 Å². The summed E-state index contributed by atoms with van der Waals surface area (Å²) >= 11 is 0. The van der Waals surface area contributed by atoms with Gasteiger partial charge in [-0.25, -0.2) is 4.79 Å². The topological polar surface area (TPSA) is 166 Å². The highest BCUT2D eigenvalue weighted by Gasteiger charge is 2.24. The van der Waals surface area contributed by atoms with E-state index in [-0.39, 0.29) is 38.5 Å². The van der Waals surface area contributed by atoms with Crippen LogP contribution in [-0.2, 0) is 18.3 Å². The van der Waals surface area contributed by atoms with E-state index in [0.29, 0.717) is 0 Å². The van der Waals surface area contributed by atoms with Gasteiger partial charge in [0.2, 0.25) is 0 Å². The van der Waals surface area contributed by atoms with Crippen molar-refractivity contribution < 1.29 is 23.3 Å². The smallest absolute Gasteiger partial charge is 0.367 e. The molecule has 1 heterocycles. The molecular formula is C11H19N4O8P. The van der Waals surface area contributed by atoms with Gasteiger partial charge in [-0.1, -0.05) is 0 Å². The van der Waals surface area contributed by atoms with Crippen LogP contribution in [0.5, 0.6) is 0 Å². The SMILES string of the molecule is CCOP(=O)(COCCNc1[nH]c(=O)[nH]c(=O)c1[N+](=O)[O-])OCC. The Morgan fingerprint density at radius 2 is 1.83 bits per heavy atom. The zero-order valence-electron chi connectivity index (χ0n) is 13.2. The normalized spacial score (nSPS) is 11.4. The number of aromatic amines is 2. The van der Waals surface area contributed by atoms with E-state index in [1.165, 1.54) is 0 Å². The van der Waals surface area contributed by atoms with Gasteiger partial charge < -0.3 is 19.1 Å². The number of aromatic nitrogens is 2. The second-order valence-electron chi connectivity index (χ2n) is 4.30. The number of rotatable bonds is 11. The number of nitro groups is 1. The summed E-state index contributed by atoms with van der Waals surface area (Å²) in [6.45, 7) is 3.71. The Balaban J connectivity index is 2.60. The maximum atomic E-state index is 12.1. The highest BCUT2D eigenvalue weighted by Crippen LogP contribution is 2.47. The van der Waals surface area contributed by atoms with Gasteiger partial charge >= 0.3 is 24.5 Å². The van der Waals surface area contributed by atoms with Crippen molar-refractivity contribution in [2.45, 2.75) is 13.8 Å². The fraction of sp³-hybridized carbons (Fsp3) is 0.636. The molecule has 0 amide bonds. The maximum Gasteiger partial charge on any atom is 0.373 e. The molecule has 13 heteroatoms. The number of nitrogens with zero attached hydrogens (tertiary/aromatic N) is 1. The number of hydrogen-bond acceptors (Lipinski definition) is 9. The van der Waals surface area contributed by atoms with E-state index in [9.17, 15) is 24.3 Å². The molecule has 0 fully saturated rings. The molecule has 0 unspecified atom stereocenters. The first-order valence-electron chi connectivity index (χ1n) is 7.03. The molecule has 24 heavy (non-hydrogen) atoms. The average molecular weight is 366 g/mol. The molecular weight excluding hydrogens is 347 g/mol. The van der Waals surface area contributed by atoms with E-state index in [4.69, 9.17) is 13.8 Å². The minimum atomic E-state index is -3.34. The van der Waals surface area contributed by atoms with Gasteiger partial charge in [-0.2, -0.15) is 0 Å². The summed E-state index contributed by atoms with van der Waals surface area (Å²) in [5, 5.41) is 13.4. The van der Waals surface area contributed by atoms with E-state index >= 15 is 0 Å². The summed E-state index contributed by atoms with van der Waals surface area (Å²) in [6.07, 6.45) is -0.287. The lowest BCUT2D eigenvalue weighted by Crippen LogP contribution is -2.27. The van der Waals surface area contributed by atoms with Gasteiger partial charge in [-0.05, 0) is 13.8 Å². The highest BCUT2D eigenvalue weighted by atomic mass is 31.2. The lowest BCUT2D eigenvalue weighted by atomic mass is 10.4. The predicted octanol–water partition coefficient (Wildman–Crippen LogP) is 0.623. The molecule has 3 N–H and O–H groups in total. The molecule has 0 atom stereocenters. The van der Waals surface area contributed by atoms with Gasteiger partial charge in [0.15, 0.2) is 5.82 Å². The molecule has 0 aliphatic carbocycles. The standard InChI is InChI=1S/C11H19N4O8P/c1-3-22-24(20,23-4-2)7-21-6-5-12-9-8(15(18)19)10(16)14-11(17)13-9/h3-7H2,1-2H3,(H3,12,13,14,16,17). The summed E-state index contributed by atoms with van der Waals surface area (Å²) in [5.41, 5.74) is -2.82. The lowest BCUT2D eigenvalue weighted by molar-refractivity contribution is -0.385. The highest BCUT2D eigenvalue weighted by molar-refractivity contribution is 7.53. The number of anilines is 1. The van der Waals surface area contributed by atoms with Crippen LogP contribution in [0.15, 0.2) is 9.59 Å². The third kappa shape index (κ3) is 5.89. The van der Waals surface area contributed by atoms with Crippen LogP contribution in [0.2, 0.25) is 0 Å². The number of ether oxygens (including phenoxy) is 1. The molecule has 1 rings (SSSR count). The van der Waals surface area contributed by atoms with Crippen molar-refractivity contribution in [3.05, 3.63) is 31.0 Å². The van der Waals surface area contributed by atoms with E-state index in [1.807, 2.05) is 0 Å². The molecule has 0 bridgehead atoms. The Bertz CT molecular complexity index is 705. The van der Waals surface area contributed by atoms with Crippen LogP contribution >= 0.6 is 7.60 Å². The van der Waals surface area contributed by atoms with Crippen molar-refractivity contribution in [3.63, 3.8) is 0 Å². The van der Waals surface area contributed by atoms with Gasteiger partial charge in [0.25, 0.3) is 0 Å². The Morgan fingerprint density at radius 3 is 2.38 bits per heavy atom. The average Bonchev–Trinajstić information content (AvgIpc) is 2.46. The number of nitrogens with one attached hydrogen (secondary N) is 3. The van der Waals surface area contributed by atoms with E-state index in [2.05, 4.69) is 10.3 Å². The minimum Gasteiger partial charge on any atom is -0.367 e. The second-order valence-corrected chi connectivity index (χ2v) is 6.30. The zero-order chi connectivity index (χ0) is 18.2. The maximum absolute atomic E-state index is 12.1. The molecule has 1 aromatic rings. The van der Waals surface area contributed by atoms with Crippen molar-refractivity contribution in [3.8, 4) is 0 Å². The Kier molecular flexibility index (Phi) is 7.79. The summed E-state index contributed by atoms with van der Waals surface area (Å²) in [6, 6.07) is 0. The molecule has 0 spiro atoms. The molecule has 12 nitrogen and oxygen atoms in total. The van der Waals surface area contributed by atoms with Crippen molar-refractivity contribution in [1.82, 2.24) is 9.97 Å². The summed E-state index contributed by atoms with van der Waals surface area (Å²) in [4.78, 5) is 36.4. The third-order valence-electron chi connectivity index (χ3n) is 2.55. The summed E-state index contributed by atoms with van der Waals surface area (Å²) in [5.74, 6) is -0.338. The van der Waals surface area contributed by atoms with E-state index in [0.717, 1.165) is 0 Å². The Hall–Kier alpha value is -2.01. The number of hydrogen-bond donors (Lipinski definition) is 3. The largest absolute Gasteiger partial charge is 0.373 e. The Morgan fingerprint density at radius 1 is 1.21 bits per heavy atom. The van der Waals surface area contributed by atoms with Crippen molar-refractivity contribution in [2.75, 3.05) is 38.0 Å². The first kappa shape index (κ1) is 20.0. The fourth-order valence-electron chi connectivity index (χ4n) is 1.71. The van der Waals surface area contributed by atoms with Gasteiger partial charge in [-0.3, -0.25) is 29.4 Å². The lowest BCUT2D eigenvalue weighted by Gasteiger charge is -2.16. The van der Waals surface area contributed by atoms with Crippen LogP contribution in [0, 0.1) is 10.1 Å². The molecule has 0 aliphatic rings. The van der Waals surface area contributed by atoms with Crippen LogP contribution in [-0.4, -0.2) is 47.6 Å². The van der Waals surface area contributed by atoms with Crippen molar-refractivity contribution in [2.24, 2.45) is 0 Å². The van der Waals surface area contributed by atoms with Crippen LogP contribution in [0.25, 0.3) is 0 Å². The number of H-pyrrole nitrogens is 2. The van der Waals surface area contributed by atoms with Crippen LogP contribution in [0.3, 0.4) is 0 Å². The summed E-state index contributed by atoms with van der Waals surface area (Å²) in [7, 11) is -3.34. The van der Waals surface area contributed by atoms with Crippen molar-refractivity contribution in [1.29, 1.82) is 0 Å². The molecule has 0 aromatic carbocycles. The zero-order valence-corrected chi connectivity index (χ0v) is 14.1. The monoisotopic (exact) mass is 366 g/mol. The predicted molar refractivity (Wildman–Crippen MR) is 84.5 cm³/mol. The third-order valence-corrected chi connectivity index (χ3v) is 4.35. The summed E-state index contributed by atoms with van der Waals surface area (Å²) < 4.78 is 27.3. The quantitative estimate of drug-likeness (QED) is 0.220. The van der Waals surface area contributed by atoms with Gasteiger partial charge in [-0.15, -0.1) is 0 Å². The minimum absolute atomic E-state index is 0.0124. The molecule has 0 saturated heterocycles. The first-order valence-corrected chi connectivity index (χ1v) is 8.76. The van der Waals surface area contributed by atoms with Gasteiger partial charge in [0.1, 0.15) is 6.35 Å². The van der Waals surface area contributed by atoms with Crippen LogP contribution in [0.1, 0.15) is 13.8 Å². The van der Waals surface area contributed by atoms with Gasteiger partial charge in [0, 0.05) is 6.54 Å². The first-order chi connectivity index (χ1) is 11.3. The molecule has 0 aliphatic heterocycles. The molecule has 0 saturated carbocycles. The fourth-order valence-corrected chi connectivity index (χ4v) is 3.07. The van der Waals surface area contributed by atoms with Crippen molar-refractivity contribution >= 4 is 19.1 Å². The van der Waals surface area contributed by atoms with Crippen LogP contribution in [0.4, 0.5) is 11.5 Å². The van der Waals surface area contributed by atoms with E-state index < -0.39 is 29.5 Å².